The Morgan fingerprint density at radius 3 is 0.766 bits per heavy atom. The van der Waals surface area contributed by atoms with E-state index in [0.717, 1.165) is 135 Å². The molecule has 4 aromatic rings. The summed E-state index contributed by atoms with van der Waals surface area (Å²) in [5.74, 6) is 2.74. The molecular formula is C54H76O10. The molecule has 0 aliphatic heterocycles. The maximum Gasteiger partial charge on any atom is 0.333 e. The Labute approximate surface area is 382 Å². The van der Waals surface area contributed by atoms with E-state index in [0.29, 0.717) is 72.1 Å². The summed E-state index contributed by atoms with van der Waals surface area (Å²) in [5.41, 5.74) is 0.661. The number of unbranched alkanes of at least 4 members (excludes halogenated alkanes) is 12. The minimum absolute atomic E-state index is 0.0568. The zero-order valence-corrected chi connectivity index (χ0v) is 39.9. The maximum atomic E-state index is 12.2. The van der Waals surface area contributed by atoms with Crippen LogP contribution < -0.4 is 28.4 Å². The summed E-state index contributed by atoms with van der Waals surface area (Å²) < 4.78 is 49.8. The summed E-state index contributed by atoms with van der Waals surface area (Å²) >= 11 is 0. The van der Waals surface area contributed by atoms with Gasteiger partial charge >= 0.3 is 11.9 Å². The van der Waals surface area contributed by atoms with E-state index in [1.807, 2.05) is 12.1 Å². The number of hydrogen-bond acceptors (Lipinski definition) is 10. The van der Waals surface area contributed by atoms with Crippen molar-refractivity contribution in [2.75, 3.05) is 52.9 Å². The molecule has 0 saturated heterocycles. The van der Waals surface area contributed by atoms with Gasteiger partial charge in [0.2, 0.25) is 0 Å². The van der Waals surface area contributed by atoms with Gasteiger partial charge in [0, 0.05) is 11.1 Å². The van der Waals surface area contributed by atoms with E-state index in [2.05, 4.69) is 65.1 Å². The quantitative estimate of drug-likeness (QED) is 0.0195. The molecule has 0 N–H and O–H groups in total. The number of esters is 2. The van der Waals surface area contributed by atoms with Gasteiger partial charge in [0.25, 0.3) is 0 Å². The predicted molar refractivity (Wildman–Crippen MR) is 260 cm³/mol. The lowest BCUT2D eigenvalue weighted by atomic mass is 9.93. The average Bonchev–Trinajstić information content (AvgIpc) is 3.28. The molecule has 0 aliphatic rings. The van der Waals surface area contributed by atoms with Crippen LogP contribution in [-0.4, -0.2) is 64.8 Å². The van der Waals surface area contributed by atoms with Gasteiger partial charge in [-0.25, -0.2) is 9.59 Å². The third-order valence-corrected chi connectivity index (χ3v) is 11.0. The number of carbonyl (C=O) groups excluding carboxylic acids is 2. The van der Waals surface area contributed by atoms with Crippen LogP contribution in [-0.2, 0) is 19.1 Å². The fraction of sp³-hybridized carbons (Fsp3) is 0.556. The molecule has 0 radical (unpaired) electrons. The molecule has 4 rings (SSSR count). The van der Waals surface area contributed by atoms with Crippen LogP contribution in [0.15, 0.2) is 60.7 Å². The van der Waals surface area contributed by atoms with Crippen LogP contribution in [0.5, 0.6) is 34.5 Å². The predicted octanol–water partition coefficient (Wildman–Crippen LogP) is 14.0. The zero-order chi connectivity index (χ0) is 46.1. The first-order valence-electron chi connectivity index (χ1n) is 24.1. The van der Waals surface area contributed by atoms with E-state index in [1.165, 1.54) is 0 Å². The van der Waals surface area contributed by atoms with Crippen molar-refractivity contribution in [1.82, 2.24) is 0 Å². The molecule has 0 aliphatic carbocycles. The topological polar surface area (TPSA) is 108 Å². The van der Waals surface area contributed by atoms with Crippen LogP contribution in [0.25, 0.3) is 32.3 Å². The molecule has 0 fully saturated rings. The summed E-state index contributed by atoms with van der Waals surface area (Å²) in [4.78, 5) is 24.4. The van der Waals surface area contributed by atoms with Crippen molar-refractivity contribution in [3.05, 3.63) is 60.7 Å². The molecule has 352 valence electrons. The Balaban J connectivity index is 1.97. The number of carbonyl (C=O) groups is 2. The SMILES string of the molecule is C=C(C)C(=O)OCCOc1cc2c3cc(OCCCCCC)c(OCCCCCC)cc3c3cc(OCCOC(=O)C(=C)C)c(OCCCCCC)cc3c2cc1OCCCCCC. The standard InChI is InChI=1S/C54H76O10/c1-9-13-17-21-25-57-47-33-41-42(34-48(47)58-26-22-18-14-10-2)46-38-52(62-30-32-64-54(56)40(7)8)50(60-28-24-20-16-12-4)36-44(46)43-35-49(59-27-23-19-15-11-3)51(37-45(41)43)61-29-31-63-53(55)39(5)6/h33-38H,5,7,9-32H2,1-4,6,8H3. The molecule has 0 aromatic heterocycles. The highest BCUT2D eigenvalue weighted by atomic mass is 16.6. The number of benzene rings is 4. The molecule has 10 heteroatoms. The monoisotopic (exact) mass is 885 g/mol. The Kier molecular flexibility index (Phi) is 23.0. The van der Waals surface area contributed by atoms with Gasteiger partial charge in [-0.05, 0) is 108 Å². The van der Waals surface area contributed by atoms with Crippen LogP contribution in [0.2, 0.25) is 0 Å². The van der Waals surface area contributed by atoms with Crippen LogP contribution in [0.3, 0.4) is 0 Å². The van der Waals surface area contributed by atoms with Crippen molar-refractivity contribution < 1.29 is 47.5 Å². The molecule has 0 unspecified atom stereocenters. The van der Waals surface area contributed by atoms with Gasteiger partial charge < -0.3 is 37.9 Å². The van der Waals surface area contributed by atoms with Gasteiger partial charge in [-0.15, -0.1) is 0 Å². The summed E-state index contributed by atoms with van der Waals surface area (Å²) in [7, 11) is 0. The van der Waals surface area contributed by atoms with Crippen molar-refractivity contribution in [3.63, 3.8) is 0 Å². The minimum atomic E-state index is -0.461. The van der Waals surface area contributed by atoms with E-state index in [4.69, 9.17) is 37.9 Å². The van der Waals surface area contributed by atoms with Crippen molar-refractivity contribution in [2.45, 2.75) is 144 Å². The molecule has 0 saturated carbocycles. The van der Waals surface area contributed by atoms with Crippen molar-refractivity contribution in [3.8, 4) is 34.5 Å². The Morgan fingerprint density at radius 1 is 0.344 bits per heavy atom. The highest BCUT2D eigenvalue weighted by Gasteiger charge is 2.21. The van der Waals surface area contributed by atoms with Crippen molar-refractivity contribution in [2.24, 2.45) is 0 Å². The minimum Gasteiger partial charge on any atom is -0.490 e. The summed E-state index contributed by atoms with van der Waals surface area (Å²) in [6.45, 7) is 22.0. The number of fused-ring (bicyclic) bond motifs is 6. The Morgan fingerprint density at radius 2 is 0.562 bits per heavy atom. The van der Waals surface area contributed by atoms with Crippen LogP contribution >= 0.6 is 0 Å². The first-order chi connectivity index (χ1) is 31.1. The van der Waals surface area contributed by atoms with Gasteiger partial charge in [0.05, 0.1) is 26.4 Å². The van der Waals surface area contributed by atoms with Crippen LogP contribution in [0.4, 0.5) is 0 Å². The fourth-order valence-corrected chi connectivity index (χ4v) is 7.36. The van der Waals surface area contributed by atoms with E-state index < -0.39 is 11.9 Å². The third kappa shape index (κ3) is 16.1. The smallest absolute Gasteiger partial charge is 0.333 e. The number of hydrogen-bond donors (Lipinski definition) is 0. The zero-order valence-electron chi connectivity index (χ0n) is 39.9. The second-order valence-corrected chi connectivity index (χ2v) is 16.7. The first kappa shape index (κ1) is 51.5. The lowest BCUT2D eigenvalue weighted by Crippen LogP contribution is -2.13. The molecule has 0 bridgehead atoms. The second-order valence-electron chi connectivity index (χ2n) is 16.7. The summed E-state index contributed by atoms with van der Waals surface area (Å²) in [6.07, 6.45) is 17.1. The van der Waals surface area contributed by atoms with Gasteiger partial charge in [0.1, 0.15) is 26.4 Å². The largest absolute Gasteiger partial charge is 0.490 e. The van der Waals surface area contributed by atoms with Crippen molar-refractivity contribution >= 4 is 44.3 Å². The van der Waals surface area contributed by atoms with Gasteiger partial charge in [-0.1, -0.05) is 118 Å². The molecule has 64 heavy (non-hydrogen) atoms. The molecule has 0 atom stereocenters. The van der Waals surface area contributed by atoms with Crippen LogP contribution in [0.1, 0.15) is 144 Å². The second kappa shape index (κ2) is 28.6. The molecule has 10 nitrogen and oxygen atoms in total. The van der Waals surface area contributed by atoms with Crippen molar-refractivity contribution in [1.29, 1.82) is 0 Å². The fourth-order valence-electron chi connectivity index (χ4n) is 7.36. The number of rotatable bonds is 34. The van der Waals surface area contributed by atoms with E-state index >= 15 is 0 Å². The summed E-state index contributed by atoms with van der Waals surface area (Å²) in [5, 5.41) is 5.60. The highest BCUT2D eigenvalue weighted by molar-refractivity contribution is 6.26. The lowest BCUT2D eigenvalue weighted by Gasteiger charge is -2.21. The van der Waals surface area contributed by atoms with Gasteiger partial charge in [-0.2, -0.15) is 0 Å². The average molecular weight is 885 g/mol. The first-order valence-corrected chi connectivity index (χ1v) is 24.1. The molecule has 0 spiro atoms. The maximum absolute atomic E-state index is 12.2. The molecule has 0 heterocycles. The number of ether oxygens (including phenoxy) is 8. The lowest BCUT2D eigenvalue weighted by molar-refractivity contribution is -0.140. The highest BCUT2D eigenvalue weighted by Crippen LogP contribution is 2.47. The molecule has 0 amide bonds. The Bertz CT molecular complexity index is 1930. The van der Waals surface area contributed by atoms with Crippen LogP contribution in [0, 0.1) is 0 Å². The van der Waals surface area contributed by atoms with E-state index in [1.54, 1.807) is 13.8 Å². The third-order valence-electron chi connectivity index (χ3n) is 11.0. The van der Waals surface area contributed by atoms with E-state index in [9.17, 15) is 9.59 Å². The normalized spacial score (nSPS) is 11.2. The Hall–Kier alpha value is -5.12. The van der Waals surface area contributed by atoms with Gasteiger partial charge in [-0.3, -0.25) is 0 Å². The van der Waals surface area contributed by atoms with E-state index in [-0.39, 0.29) is 26.4 Å². The molecular weight excluding hydrogens is 809 g/mol. The van der Waals surface area contributed by atoms with Gasteiger partial charge in [0.15, 0.2) is 34.5 Å². The molecule has 4 aromatic carbocycles. The summed E-state index contributed by atoms with van der Waals surface area (Å²) in [6, 6.07) is 12.4.